The molecule has 0 saturated carbocycles. The predicted molar refractivity (Wildman–Crippen MR) is 93.9 cm³/mol. The Morgan fingerprint density at radius 1 is 0.714 bits per heavy atom. The Balaban J connectivity index is 0. The molecule has 0 heterocycles. The van der Waals surface area contributed by atoms with Gasteiger partial charge in [0.25, 0.3) is 0 Å². The Morgan fingerprint density at radius 2 is 1.10 bits per heavy atom. The smallest absolute Gasteiger partial charge is 0.0483 e. The van der Waals surface area contributed by atoms with Gasteiger partial charge in [-0.05, 0) is 18.9 Å². The third-order valence-electron chi connectivity index (χ3n) is 4.39. The average Bonchev–Trinajstić information content (AvgIpc) is 2.46. The van der Waals surface area contributed by atoms with Crippen LogP contribution in [0.4, 0.5) is 0 Å². The molecule has 0 aliphatic heterocycles. The van der Waals surface area contributed by atoms with E-state index in [4.69, 9.17) is 15.9 Å². The first-order chi connectivity index (χ1) is 9.76. The van der Waals surface area contributed by atoms with Crippen molar-refractivity contribution in [1.29, 1.82) is 0 Å². The fraction of sp³-hybridized carbons (Fsp3) is 1.00. The van der Waals surface area contributed by atoms with E-state index < -0.39 is 0 Å². The first-order valence-corrected chi connectivity index (χ1v) is 8.68. The van der Waals surface area contributed by atoms with Crippen LogP contribution >= 0.6 is 12.4 Å². The Bertz CT molecular complexity index is 190. The van der Waals surface area contributed by atoms with E-state index >= 15 is 0 Å². The lowest BCUT2D eigenvalue weighted by Gasteiger charge is -2.19. The van der Waals surface area contributed by atoms with Gasteiger partial charge in [0.1, 0.15) is 0 Å². The first-order valence-electron chi connectivity index (χ1n) is 8.68. The molecule has 0 aliphatic carbocycles. The van der Waals surface area contributed by atoms with Crippen molar-refractivity contribution in [2.45, 2.75) is 77.6 Å². The number of halogens is 1. The van der Waals surface area contributed by atoms with Crippen LogP contribution in [0.25, 0.3) is 0 Å². The summed E-state index contributed by atoms with van der Waals surface area (Å²) in [7, 11) is 0. The molecule has 0 saturated heterocycles. The molecule has 0 spiro atoms. The number of aliphatic hydroxyl groups is 2. The molecule has 130 valence electrons. The monoisotopic (exact) mass is 323 g/mol. The largest absolute Gasteiger partial charge is 0.396 e. The summed E-state index contributed by atoms with van der Waals surface area (Å²) < 4.78 is 0. The van der Waals surface area contributed by atoms with Gasteiger partial charge in [0.2, 0.25) is 0 Å². The molecule has 1 atom stereocenters. The van der Waals surface area contributed by atoms with Gasteiger partial charge in [0.05, 0.1) is 0 Å². The van der Waals surface area contributed by atoms with Crippen molar-refractivity contribution < 1.29 is 10.2 Å². The van der Waals surface area contributed by atoms with Gasteiger partial charge < -0.3 is 15.9 Å². The summed E-state index contributed by atoms with van der Waals surface area (Å²) in [6.45, 7) is 3.20. The molecular weight excluding hydrogens is 286 g/mol. The maximum atomic E-state index is 9.11. The topological polar surface area (TPSA) is 66.5 Å². The van der Waals surface area contributed by atoms with Gasteiger partial charge in [-0.25, -0.2) is 0 Å². The van der Waals surface area contributed by atoms with E-state index in [1.807, 2.05) is 0 Å². The van der Waals surface area contributed by atoms with E-state index in [1.54, 1.807) is 0 Å². The van der Waals surface area contributed by atoms with Gasteiger partial charge >= 0.3 is 0 Å². The van der Waals surface area contributed by atoms with Gasteiger partial charge in [-0.15, -0.1) is 12.4 Å². The Kier molecular flexibility index (Phi) is 20.3. The molecule has 21 heavy (non-hydrogen) atoms. The standard InChI is InChI=1S/C17H37NO2.ClH/c1-16(17(14-19)15-20)12-10-8-6-4-2-3-5-7-9-11-13-18;/h16-17,19-20H,2-15,18H2,1H3;1H. The second kappa shape index (κ2) is 18.2. The summed E-state index contributed by atoms with van der Waals surface area (Å²) in [4.78, 5) is 0. The molecule has 4 N–H and O–H groups in total. The molecule has 0 fully saturated rings. The zero-order chi connectivity index (χ0) is 15.1. The first kappa shape index (κ1) is 23.4. The summed E-state index contributed by atoms with van der Waals surface area (Å²) in [6, 6.07) is 0. The molecular formula is C17H38ClNO2. The minimum absolute atomic E-state index is 0. The van der Waals surface area contributed by atoms with E-state index in [1.165, 1.54) is 64.2 Å². The Morgan fingerprint density at radius 3 is 1.48 bits per heavy atom. The molecule has 4 heteroatoms. The lowest BCUT2D eigenvalue weighted by molar-refractivity contribution is 0.108. The quantitative estimate of drug-likeness (QED) is 0.400. The summed E-state index contributed by atoms with van der Waals surface area (Å²) in [5.41, 5.74) is 5.47. The van der Waals surface area contributed by atoms with Crippen molar-refractivity contribution in [3.05, 3.63) is 0 Å². The molecule has 3 nitrogen and oxygen atoms in total. The van der Waals surface area contributed by atoms with Crippen LogP contribution in [0.2, 0.25) is 0 Å². The van der Waals surface area contributed by atoms with Gasteiger partial charge in [0, 0.05) is 19.1 Å². The lowest BCUT2D eigenvalue weighted by atomic mass is 9.90. The van der Waals surface area contributed by atoms with Gasteiger partial charge in [-0.2, -0.15) is 0 Å². The average molecular weight is 324 g/mol. The molecule has 0 aromatic heterocycles. The number of unbranched alkanes of at least 4 members (excludes halogenated alkanes) is 9. The third-order valence-corrected chi connectivity index (χ3v) is 4.39. The highest BCUT2D eigenvalue weighted by atomic mass is 35.5. The molecule has 0 rings (SSSR count). The minimum Gasteiger partial charge on any atom is -0.396 e. The van der Waals surface area contributed by atoms with E-state index in [9.17, 15) is 0 Å². The fourth-order valence-corrected chi connectivity index (χ4v) is 2.68. The molecule has 0 aliphatic rings. The van der Waals surface area contributed by atoms with Crippen LogP contribution in [-0.4, -0.2) is 30.0 Å². The summed E-state index contributed by atoms with van der Waals surface area (Å²) >= 11 is 0. The van der Waals surface area contributed by atoms with Crippen LogP contribution < -0.4 is 5.73 Å². The molecule has 1 unspecified atom stereocenters. The number of hydrogen-bond acceptors (Lipinski definition) is 3. The normalized spacial score (nSPS) is 12.4. The number of nitrogens with two attached hydrogens (primary N) is 1. The highest BCUT2D eigenvalue weighted by molar-refractivity contribution is 5.85. The fourth-order valence-electron chi connectivity index (χ4n) is 2.68. The third kappa shape index (κ3) is 14.9. The molecule has 0 aromatic rings. The van der Waals surface area contributed by atoms with E-state index in [0.29, 0.717) is 5.92 Å². The Labute approximate surface area is 138 Å². The van der Waals surface area contributed by atoms with E-state index in [-0.39, 0.29) is 31.5 Å². The maximum absolute atomic E-state index is 9.11. The van der Waals surface area contributed by atoms with Crippen LogP contribution in [0.1, 0.15) is 77.6 Å². The van der Waals surface area contributed by atoms with Gasteiger partial charge in [0.15, 0.2) is 0 Å². The second-order valence-electron chi connectivity index (χ2n) is 6.22. The SMILES string of the molecule is CC(CCCCCCCCCCCCN)C(CO)CO.Cl. The summed E-state index contributed by atoms with van der Waals surface area (Å²) in [6.07, 6.45) is 14.3. The van der Waals surface area contributed by atoms with Crippen LogP contribution in [0, 0.1) is 11.8 Å². The molecule has 0 radical (unpaired) electrons. The second-order valence-corrected chi connectivity index (χ2v) is 6.22. The lowest BCUT2D eigenvalue weighted by Crippen LogP contribution is -2.19. The van der Waals surface area contributed by atoms with Gasteiger partial charge in [-0.3, -0.25) is 0 Å². The molecule has 0 amide bonds. The van der Waals surface area contributed by atoms with Crippen molar-refractivity contribution in [3.63, 3.8) is 0 Å². The van der Waals surface area contributed by atoms with E-state index in [2.05, 4.69) is 6.92 Å². The van der Waals surface area contributed by atoms with Crippen LogP contribution in [0.15, 0.2) is 0 Å². The summed E-state index contributed by atoms with van der Waals surface area (Å²) in [5, 5.41) is 18.2. The zero-order valence-electron chi connectivity index (χ0n) is 13.9. The number of rotatable bonds is 15. The molecule has 0 bridgehead atoms. The van der Waals surface area contributed by atoms with Crippen molar-refractivity contribution in [2.24, 2.45) is 17.6 Å². The summed E-state index contributed by atoms with van der Waals surface area (Å²) in [5.74, 6) is 0.510. The van der Waals surface area contributed by atoms with Crippen LogP contribution in [0.3, 0.4) is 0 Å². The Hall–Kier alpha value is 0.170. The van der Waals surface area contributed by atoms with Crippen molar-refractivity contribution in [2.75, 3.05) is 19.8 Å². The maximum Gasteiger partial charge on any atom is 0.0483 e. The number of aliphatic hydroxyl groups excluding tert-OH is 2. The van der Waals surface area contributed by atoms with Crippen molar-refractivity contribution in [3.8, 4) is 0 Å². The molecule has 0 aromatic carbocycles. The van der Waals surface area contributed by atoms with Gasteiger partial charge in [-0.1, -0.05) is 71.1 Å². The predicted octanol–water partition coefficient (Wildman–Crippen LogP) is 3.89. The van der Waals surface area contributed by atoms with E-state index in [0.717, 1.165) is 13.0 Å². The number of hydrogen-bond donors (Lipinski definition) is 3. The van der Waals surface area contributed by atoms with Crippen LogP contribution in [0.5, 0.6) is 0 Å². The zero-order valence-corrected chi connectivity index (χ0v) is 14.8. The van der Waals surface area contributed by atoms with Crippen LogP contribution in [-0.2, 0) is 0 Å². The van der Waals surface area contributed by atoms with Crippen molar-refractivity contribution >= 4 is 12.4 Å². The minimum atomic E-state index is 0. The van der Waals surface area contributed by atoms with Crippen molar-refractivity contribution in [1.82, 2.24) is 0 Å². The highest BCUT2D eigenvalue weighted by Gasteiger charge is 2.14. The highest BCUT2D eigenvalue weighted by Crippen LogP contribution is 2.19.